The van der Waals surface area contributed by atoms with Gasteiger partial charge in [0.05, 0.1) is 25.4 Å². The van der Waals surface area contributed by atoms with Crippen molar-refractivity contribution in [1.82, 2.24) is 14.8 Å². The smallest absolute Gasteiger partial charge is 0.150 e. The van der Waals surface area contributed by atoms with Crippen LogP contribution in [0.3, 0.4) is 0 Å². The van der Waals surface area contributed by atoms with Gasteiger partial charge in [0, 0.05) is 12.8 Å². The molecular weight excluding hydrogens is 218 g/mol. The fraction of sp³-hybridized carbons (Fsp3) is 0.833. The minimum Gasteiger partial charge on any atom is -0.389 e. The molecule has 1 rings (SSSR count). The molecular formula is C12H23N3O2. The third-order valence-electron chi connectivity index (χ3n) is 2.43. The van der Waals surface area contributed by atoms with Gasteiger partial charge < -0.3 is 9.84 Å². The summed E-state index contributed by atoms with van der Waals surface area (Å²) in [6.45, 7) is 8.75. The predicted octanol–water partition coefficient (Wildman–Crippen LogP) is 1.19. The second kappa shape index (κ2) is 6.71. The largest absolute Gasteiger partial charge is 0.389 e. The first kappa shape index (κ1) is 14.1. The summed E-state index contributed by atoms with van der Waals surface area (Å²) in [5.41, 5.74) is 0. The van der Waals surface area contributed by atoms with E-state index in [1.807, 2.05) is 27.7 Å². The molecule has 1 unspecified atom stereocenters. The Balaban J connectivity index is 2.57. The van der Waals surface area contributed by atoms with E-state index in [0.29, 0.717) is 13.2 Å². The lowest BCUT2D eigenvalue weighted by atomic mass is 10.3. The molecule has 0 aromatic carbocycles. The van der Waals surface area contributed by atoms with Crippen LogP contribution in [0.1, 0.15) is 39.3 Å². The highest BCUT2D eigenvalue weighted by Gasteiger charge is 2.12. The molecule has 5 nitrogen and oxygen atoms in total. The van der Waals surface area contributed by atoms with E-state index in [4.69, 9.17) is 4.74 Å². The van der Waals surface area contributed by atoms with Gasteiger partial charge in [0.2, 0.25) is 0 Å². The minimum absolute atomic E-state index is 0.136. The van der Waals surface area contributed by atoms with Crippen molar-refractivity contribution in [3.63, 3.8) is 0 Å². The molecule has 0 saturated heterocycles. The maximum Gasteiger partial charge on any atom is 0.150 e. The normalized spacial score (nSPS) is 13.3. The molecule has 0 aliphatic heterocycles. The maximum atomic E-state index is 9.84. The van der Waals surface area contributed by atoms with E-state index in [2.05, 4.69) is 10.1 Å². The van der Waals surface area contributed by atoms with Gasteiger partial charge in [0.15, 0.2) is 5.82 Å². The number of hydrogen-bond acceptors (Lipinski definition) is 4. The Labute approximate surface area is 103 Å². The van der Waals surface area contributed by atoms with Crippen LogP contribution in [0.4, 0.5) is 0 Å². The van der Waals surface area contributed by atoms with Crippen molar-refractivity contribution in [1.29, 1.82) is 0 Å². The summed E-state index contributed by atoms with van der Waals surface area (Å²) in [7, 11) is 0. The van der Waals surface area contributed by atoms with Crippen LogP contribution in [0.15, 0.2) is 0 Å². The molecule has 98 valence electrons. The first-order valence-electron chi connectivity index (χ1n) is 6.29. The summed E-state index contributed by atoms with van der Waals surface area (Å²) < 4.78 is 7.16. The number of aliphatic hydroxyl groups excluding tert-OH is 1. The Morgan fingerprint density at radius 2 is 2.00 bits per heavy atom. The van der Waals surface area contributed by atoms with Gasteiger partial charge >= 0.3 is 0 Å². The van der Waals surface area contributed by atoms with Crippen LogP contribution >= 0.6 is 0 Å². The number of hydrogen-bond donors (Lipinski definition) is 1. The van der Waals surface area contributed by atoms with Crippen LogP contribution < -0.4 is 0 Å². The van der Waals surface area contributed by atoms with Gasteiger partial charge in [-0.05, 0) is 13.8 Å². The molecule has 1 N–H and O–H groups in total. The molecule has 17 heavy (non-hydrogen) atoms. The van der Waals surface area contributed by atoms with E-state index in [1.54, 1.807) is 4.68 Å². The lowest BCUT2D eigenvalue weighted by Crippen LogP contribution is -2.25. The highest BCUT2D eigenvalue weighted by Crippen LogP contribution is 2.03. The summed E-state index contributed by atoms with van der Waals surface area (Å²) in [6.07, 6.45) is 1.25. The third-order valence-corrected chi connectivity index (χ3v) is 2.43. The molecule has 1 heterocycles. The van der Waals surface area contributed by atoms with Crippen molar-refractivity contribution in [2.45, 2.75) is 59.3 Å². The number of aliphatic hydroxyl groups is 1. The quantitative estimate of drug-likeness (QED) is 0.779. The standard InChI is InChI=1S/C12H23N3O2/c1-5-11-13-12(6-2)15(14-11)7-10(16)8-17-9(3)4/h9-10,16H,5-8H2,1-4H3. The molecule has 1 atom stereocenters. The monoisotopic (exact) mass is 241 g/mol. The van der Waals surface area contributed by atoms with E-state index < -0.39 is 6.10 Å². The number of nitrogens with zero attached hydrogens (tertiary/aromatic N) is 3. The van der Waals surface area contributed by atoms with Crippen LogP contribution in [-0.4, -0.2) is 38.7 Å². The van der Waals surface area contributed by atoms with Crippen molar-refractivity contribution in [3.05, 3.63) is 11.6 Å². The number of rotatable bonds is 7. The van der Waals surface area contributed by atoms with E-state index in [-0.39, 0.29) is 6.10 Å². The summed E-state index contributed by atoms with van der Waals surface area (Å²) in [5.74, 6) is 1.75. The second-order valence-corrected chi connectivity index (χ2v) is 4.37. The summed E-state index contributed by atoms with van der Waals surface area (Å²) in [6, 6.07) is 0. The molecule has 0 fully saturated rings. The predicted molar refractivity (Wildman–Crippen MR) is 65.9 cm³/mol. The summed E-state index contributed by atoms with van der Waals surface area (Å²) in [4.78, 5) is 4.40. The van der Waals surface area contributed by atoms with Gasteiger partial charge in [0.25, 0.3) is 0 Å². The fourth-order valence-electron chi connectivity index (χ4n) is 1.54. The van der Waals surface area contributed by atoms with Gasteiger partial charge in [-0.15, -0.1) is 0 Å². The third kappa shape index (κ3) is 4.44. The van der Waals surface area contributed by atoms with E-state index in [1.165, 1.54) is 0 Å². The Morgan fingerprint density at radius 3 is 2.53 bits per heavy atom. The molecule has 0 aliphatic rings. The molecule has 1 aromatic rings. The maximum absolute atomic E-state index is 9.84. The summed E-state index contributed by atoms with van der Waals surface area (Å²) >= 11 is 0. The van der Waals surface area contributed by atoms with E-state index >= 15 is 0 Å². The number of aryl methyl sites for hydroxylation is 2. The average Bonchev–Trinajstić information content (AvgIpc) is 2.68. The topological polar surface area (TPSA) is 60.2 Å². The van der Waals surface area contributed by atoms with Crippen LogP contribution in [0.2, 0.25) is 0 Å². The van der Waals surface area contributed by atoms with E-state index in [9.17, 15) is 5.11 Å². The zero-order valence-corrected chi connectivity index (χ0v) is 11.2. The summed E-state index contributed by atoms with van der Waals surface area (Å²) in [5, 5.41) is 14.2. The highest BCUT2D eigenvalue weighted by atomic mass is 16.5. The molecule has 0 radical (unpaired) electrons. The van der Waals surface area contributed by atoms with Gasteiger partial charge in [0.1, 0.15) is 5.82 Å². The molecule has 0 saturated carbocycles. The van der Waals surface area contributed by atoms with Gasteiger partial charge in [-0.1, -0.05) is 13.8 Å². The zero-order valence-electron chi connectivity index (χ0n) is 11.2. The Hall–Kier alpha value is -0.940. The van der Waals surface area contributed by atoms with Crippen molar-refractivity contribution in [2.24, 2.45) is 0 Å². The van der Waals surface area contributed by atoms with E-state index in [0.717, 1.165) is 24.5 Å². The number of aromatic nitrogens is 3. The molecule has 5 heteroatoms. The van der Waals surface area contributed by atoms with Gasteiger partial charge in [-0.2, -0.15) is 5.10 Å². The Bertz CT molecular complexity index is 336. The number of ether oxygens (including phenoxy) is 1. The van der Waals surface area contributed by atoms with Crippen LogP contribution in [0, 0.1) is 0 Å². The lowest BCUT2D eigenvalue weighted by molar-refractivity contribution is -0.00239. The van der Waals surface area contributed by atoms with Crippen molar-refractivity contribution in [3.8, 4) is 0 Å². The lowest BCUT2D eigenvalue weighted by Gasteiger charge is -2.14. The SMILES string of the molecule is CCc1nc(CC)n(CC(O)COC(C)C)n1. The van der Waals surface area contributed by atoms with Crippen molar-refractivity contribution >= 4 is 0 Å². The minimum atomic E-state index is -0.533. The second-order valence-electron chi connectivity index (χ2n) is 4.37. The first-order chi connectivity index (χ1) is 8.06. The van der Waals surface area contributed by atoms with Crippen LogP contribution in [-0.2, 0) is 24.1 Å². The Kier molecular flexibility index (Phi) is 5.58. The Morgan fingerprint density at radius 1 is 1.29 bits per heavy atom. The fourth-order valence-corrected chi connectivity index (χ4v) is 1.54. The average molecular weight is 241 g/mol. The van der Waals surface area contributed by atoms with Crippen molar-refractivity contribution in [2.75, 3.05) is 6.61 Å². The van der Waals surface area contributed by atoms with Gasteiger partial charge in [-0.3, -0.25) is 0 Å². The van der Waals surface area contributed by atoms with Gasteiger partial charge in [-0.25, -0.2) is 9.67 Å². The van der Waals surface area contributed by atoms with Crippen LogP contribution in [0.5, 0.6) is 0 Å². The zero-order chi connectivity index (χ0) is 12.8. The highest BCUT2D eigenvalue weighted by molar-refractivity contribution is 4.93. The molecule has 1 aromatic heterocycles. The van der Waals surface area contributed by atoms with Crippen molar-refractivity contribution < 1.29 is 9.84 Å². The molecule has 0 amide bonds. The molecule has 0 aliphatic carbocycles. The molecule has 0 bridgehead atoms. The van der Waals surface area contributed by atoms with Crippen LogP contribution in [0.25, 0.3) is 0 Å². The molecule has 0 spiro atoms. The first-order valence-corrected chi connectivity index (χ1v) is 6.29.